The van der Waals surface area contributed by atoms with Crippen molar-refractivity contribution in [1.82, 2.24) is 19.8 Å². The lowest BCUT2D eigenvalue weighted by molar-refractivity contribution is -0.134. The number of benzene rings is 2. The third-order valence-electron chi connectivity index (χ3n) is 5.92. The first kappa shape index (κ1) is 21.6. The van der Waals surface area contributed by atoms with Gasteiger partial charge in [0.15, 0.2) is 0 Å². The fourth-order valence-corrected chi connectivity index (χ4v) is 4.35. The van der Waals surface area contributed by atoms with Gasteiger partial charge in [-0.2, -0.15) is 0 Å². The number of imidazole rings is 1. The Hall–Kier alpha value is -3.61. The van der Waals surface area contributed by atoms with Gasteiger partial charge in [0.25, 0.3) is 5.91 Å². The maximum atomic E-state index is 13.4. The number of aromatic amines is 2. The molecule has 1 atom stereocenters. The molecule has 1 aliphatic heterocycles. The zero-order chi connectivity index (χ0) is 22.5. The Balaban J connectivity index is 1.64. The molecule has 3 aromatic rings. The van der Waals surface area contributed by atoms with Crippen molar-refractivity contribution in [3.63, 3.8) is 0 Å². The molecule has 0 bridgehead atoms. The topological polar surface area (TPSA) is 89.3 Å². The second kappa shape index (κ2) is 9.68. The summed E-state index contributed by atoms with van der Waals surface area (Å²) in [6.07, 6.45) is 2.79. The monoisotopic (exact) mass is 432 g/mol. The molecule has 0 spiro atoms. The summed E-state index contributed by atoms with van der Waals surface area (Å²) in [6.45, 7) is 3.96. The van der Waals surface area contributed by atoms with Gasteiger partial charge in [-0.15, -0.1) is 0 Å². The van der Waals surface area contributed by atoms with E-state index in [1.165, 1.54) is 6.20 Å². The largest absolute Gasteiger partial charge is 0.341 e. The van der Waals surface area contributed by atoms with E-state index in [9.17, 15) is 14.4 Å². The number of H-pyrrole nitrogens is 2. The zero-order valence-corrected chi connectivity index (χ0v) is 18.2. The van der Waals surface area contributed by atoms with Gasteiger partial charge in [0.1, 0.15) is 5.69 Å². The van der Waals surface area contributed by atoms with Gasteiger partial charge in [0.2, 0.25) is 5.91 Å². The predicted molar refractivity (Wildman–Crippen MR) is 123 cm³/mol. The number of nitrogens with zero attached hydrogens (tertiary/aromatic N) is 2. The van der Waals surface area contributed by atoms with Crippen molar-refractivity contribution in [2.75, 3.05) is 26.2 Å². The normalized spacial score (nSPS) is 16.8. The van der Waals surface area contributed by atoms with Gasteiger partial charge in [0, 0.05) is 32.4 Å². The second-order valence-electron chi connectivity index (χ2n) is 8.16. The third kappa shape index (κ3) is 4.66. The molecule has 2 heterocycles. The van der Waals surface area contributed by atoms with E-state index >= 15 is 0 Å². The van der Waals surface area contributed by atoms with E-state index in [0.717, 1.165) is 23.1 Å². The summed E-state index contributed by atoms with van der Waals surface area (Å²) in [5, 5.41) is 0. The summed E-state index contributed by atoms with van der Waals surface area (Å²) in [7, 11) is 0. The molecule has 7 nitrogen and oxygen atoms in total. The highest BCUT2D eigenvalue weighted by molar-refractivity contribution is 5.93. The first-order valence-electron chi connectivity index (χ1n) is 11.1. The molecule has 4 rings (SSSR count). The van der Waals surface area contributed by atoms with Crippen LogP contribution in [0.4, 0.5) is 0 Å². The Bertz CT molecular complexity index is 1140. The molecule has 2 amide bonds. The van der Waals surface area contributed by atoms with E-state index in [1.807, 2.05) is 42.2 Å². The van der Waals surface area contributed by atoms with Crippen LogP contribution in [0.3, 0.4) is 0 Å². The molecule has 0 saturated carbocycles. The number of amides is 2. The summed E-state index contributed by atoms with van der Waals surface area (Å²) >= 11 is 0. The van der Waals surface area contributed by atoms with Crippen LogP contribution in [-0.2, 0) is 11.2 Å². The fraction of sp³-hybridized carbons (Fsp3) is 0.320. The highest BCUT2D eigenvalue weighted by Gasteiger charge is 2.33. The molecular formula is C25H28N4O3. The van der Waals surface area contributed by atoms with E-state index in [1.54, 1.807) is 4.90 Å². The van der Waals surface area contributed by atoms with Crippen molar-refractivity contribution in [3.8, 4) is 11.1 Å². The van der Waals surface area contributed by atoms with E-state index < -0.39 is 5.69 Å². The minimum Gasteiger partial charge on any atom is -0.341 e. The van der Waals surface area contributed by atoms with Crippen molar-refractivity contribution in [1.29, 1.82) is 0 Å². The number of aromatic nitrogens is 2. The minimum atomic E-state index is -0.416. The molecule has 2 N–H and O–H groups in total. The lowest BCUT2D eigenvalue weighted by Gasteiger charge is -2.24. The smallest absolute Gasteiger partial charge is 0.323 e. The molecule has 1 fully saturated rings. The van der Waals surface area contributed by atoms with Crippen molar-refractivity contribution >= 4 is 11.8 Å². The molecule has 0 aliphatic carbocycles. The lowest BCUT2D eigenvalue weighted by atomic mass is 9.91. The fourth-order valence-electron chi connectivity index (χ4n) is 4.35. The number of hydrogen-bond acceptors (Lipinski definition) is 3. The van der Waals surface area contributed by atoms with Crippen LogP contribution in [0.25, 0.3) is 11.1 Å². The molecule has 0 radical (unpaired) electrons. The summed E-state index contributed by atoms with van der Waals surface area (Å²) < 4.78 is 0. The first-order valence-corrected chi connectivity index (χ1v) is 11.1. The maximum absolute atomic E-state index is 13.4. The second-order valence-corrected chi connectivity index (χ2v) is 8.16. The molecular weight excluding hydrogens is 404 g/mol. The number of hydrogen-bond donors (Lipinski definition) is 2. The van der Waals surface area contributed by atoms with Crippen molar-refractivity contribution in [2.45, 2.75) is 19.8 Å². The summed E-state index contributed by atoms with van der Waals surface area (Å²) in [5.74, 6) is -0.549. The van der Waals surface area contributed by atoms with Crippen LogP contribution in [-0.4, -0.2) is 57.8 Å². The maximum Gasteiger partial charge on any atom is 0.323 e. The van der Waals surface area contributed by atoms with E-state index in [0.29, 0.717) is 32.6 Å². The Morgan fingerprint density at radius 3 is 2.50 bits per heavy atom. The molecule has 32 heavy (non-hydrogen) atoms. The van der Waals surface area contributed by atoms with Crippen LogP contribution in [0.5, 0.6) is 0 Å². The molecule has 7 heteroatoms. The van der Waals surface area contributed by atoms with Gasteiger partial charge in [-0.25, -0.2) is 4.79 Å². The average Bonchev–Trinajstić information content (AvgIpc) is 3.20. The first-order chi connectivity index (χ1) is 15.6. The summed E-state index contributed by atoms with van der Waals surface area (Å²) in [4.78, 5) is 46.5. The van der Waals surface area contributed by atoms with Crippen LogP contribution < -0.4 is 5.69 Å². The van der Waals surface area contributed by atoms with Crippen LogP contribution in [0.15, 0.2) is 65.6 Å². The molecule has 2 aromatic carbocycles. The number of carbonyl (C=O) groups excluding carboxylic acids is 2. The Morgan fingerprint density at radius 1 is 1.03 bits per heavy atom. The minimum absolute atomic E-state index is 0.0765. The summed E-state index contributed by atoms with van der Waals surface area (Å²) in [6, 6.07) is 18.2. The van der Waals surface area contributed by atoms with Gasteiger partial charge in [0.05, 0.1) is 5.92 Å². The van der Waals surface area contributed by atoms with Gasteiger partial charge >= 0.3 is 5.69 Å². The highest BCUT2D eigenvalue weighted by Crippen LogP contribution is 2.27. The van der Waals surface area contributed by atoms with Gasteiger partial charge in [-0.1, -0.05) is 61.5 Å². The van der Waals surface area contributed by atoms with Gasteiger partial charge < -0.3 is 19.8 Å². The SMILES string of the molecule is CCCN1CCN(C(=O)c2c[nH]c(=O)[nH]2)CC(Cc2ccccc2-c2ccccc2)C1=O. The standard InChI is InChI=1S/C25H28N4O3/c1-2-12-28-13-14-29(24(31)22-16-26-25(32)27-22)17-20(23(28)30)15-19-10-6-7-11-21(19)18-8-4-3-5-9-18/h3-11,16,20H,2,12-15,17H2,1H3,(H2,26,27,32). The van der Waals surface area contributed by atoms with Crippen LogP contribution >= 0.6 is 0 Å². The van der Waals surface area contributed by atoms with E-state index in [2.05, 4.69) is 34.2 Å². The quantitative estimate of drug-likeness (QED) is 0.628. The van der Waals surface area contributed by atoms with Gasteiger partial charge in [-0.05, 0) is 29.5 Å². The molecule has 1 aromatic heterocycles. The lowest BCUT2D eigenvalue weighted by Crippen LogP contribution is -2.38. The highest BCUT2D eigenvalue weighted by atomic mass is 16.2. The van der Waals surface area contributed by atoms with Crippen molar-refractivity contribution < 1.29 is 9.59 Å². The molecule has 1 unspecified atom stereocenters. The van der Waals surface area contributed by atoms with Gasteiger partial charge in [-0.3, -0.25) is 9.59 Å². The third-order valence-corrected chi connectivity index (χ3v) is 5.92. The van der Waals surface area contributed by atoms with E-state index in [-0.39, 0.29) is 23.4 Å². The zero-order valence-electron chi connectivity index (χ0n) is 18.2. The average molecular weight is 433 g/mol. The Labute approximate surface area is 187 Å². The van der Waals surface area contributed by atoms with Crippen LogP contribution in [0.2, 0.25) is 0 Å². The number of carbonyl (C=O) groups is 2. The number of nitrogens with one attached hydrogen (secondary N) is 2. The Kier molecular flexibility index (Phi) is 6.54. The molecule has 1 aliphatic rings. The number of rotatable bonds is 6. The van der Waals surface area contributed by atoms with E-state index in [4.69, 9.17) is 0 Å². The van der Waals surface area contributed by atoms with Crippen LogP contribution in [0, 0.1) is 5.92 Å². The summed E-state index contributed by atoms with van der Waals surface area (Å²) in [5.41, 5.74) is 3.08. The van der Waals surface area contributed by atoms with Crippen molar-refractivity contribution in [2.24, 2.45) is 5.92 Å². The van der Waals surface area contributed by atoms with Crippen LogP contribution in [0.1, 0.15) is 29.4 Å². The Morgan fingerprint density at radius 2 is 1.78 bits per heavy atom. The molecule has 1 saturated heterocycles. The predicted octanol–water partition coefficient (Wildman–Crippen LogP) is 2.92. The molecule has 166 valence electrons. The van der Waals surface area contributed by atoms with Crippen molar-refractivity contribution in [3.05, 3.63) is 82.5 Å².